The van der Waals surface area contributed by atoms with E-state index in [0.717, 1.165) is 16.7 Å². The van der Waals surface area contributed by atoms with E-state index in [4.69, 9.17) is 5.73 Å². The van der Waals surface area contributed by atoms with E-state index in [0.29, 0.717) is 12.1 Å². The Morgan fingerprint density at radius 2 is 1.77 bits per heavy atom. The minimum atomic E-state index is -2.51. The molecule has 0 saturated carbocycles. The third-order valence-corrected chi connectivity index (χ3v) is 8.32. The molecule has 2 aromatic carbocycles. The van der Waals surface area contributed by atoms with Gasteiger partial charge in [-0.2, -0.15) is 0 Å². The summed E-state index contributed by atoms with van der Waals surface area (Å²) in [5.41, 5.74) is 5.36. The predicted molar refractivity (Wildman–Crippen MR) is 145 cm³/mol. The summed E-state index contributed by atoms with van der Waals surface area (Å²) in [5, 5.41) is 36.6. The van der Waals surface area contributed by atoms with Crippen molar-refractivity contribution in [3.8, 4) is 16.9 Å². The minimum absolute atomic E-state index is 0.00208. The van der Waals surface area contributed by atoms with Gasteiger partial charge in [-0.15, -0.1) is 0 Å². The van der Waals surface area contributed by atoms with E-state index in [-0.39, 0.29) is 35.6 Å². The van der Waals surface area contributed by atoms with E-state index in [1.54, 1.807) is 25.1 Å². The Hall–Kier alpha value is -4.28. The largest absolute Gasteiger partial charge is 0.508 e. The number of rotatable bonds is 5. The first-order valence-corrected chi connectivity index (χ1v) is 13.0. The number of carbonyl (C=O) groups is 4. The van der Waals surface area contributed by atoms with Gasteiger partial charge in [-0.25, -0.2) is 0 Å². The average Bonchev–Trinajstić information content (AvgIpc) is 2.89. The molecule has 0 saturated heterocycles. The molecule has 3 aliphatic carbocycles. The molecule has 2 amide bonds. The molecule has 3 aliphatic rings. The van der Waals surface area contributed by atoms with Crippen LogP contribution in [0.3, 0.4) is 0 Å². The highest BCUT2D eigenvalue weighted by molar-refractivity contribution is 6.24. The van der Waals surface area contributed by atoms with Crippen molar-refractivity contribution in [2.24, 2.45) is 17.6 Å². The number of aliphatic hydroxyl groups is 2. The summed E-state index contributed by atoms with van der Waals surface area (Å²) in [6.45, 7) is 1.82. The van der Waals surface area contributed by atoms with E-state index in [2.05, 4.69) is 5.32 Å². The lowest BCUT2D eigenvalue weighted by Crippen LogP contribution is -2.62. The van der Waals surface area contributed by atoms with Crippen LogP contribution in [0.1, 0.15) is 34.8 Å². The second-order valence-electron chi connectivity index (χ2n) is 10.9. The Labute approximate surface area is 230 Å². The molecule has 10 nitrogen and oxygen atoms in total. The first-order valence-electron chi connectivity index (χ1n) is 13.0. The molecule has 6 N–H and O–H groups in total. The molecule has 40 heavy (non-hydrogen) atoms. The van der Waals surface area contributed by atoms with Crippen molar-refractivity contribution in [1.29, 1.82) is 0 Å². The fourth-order valence-electron chi connectivity index (χ4n) is 6.36. The van der Waals surface area contributed by atoms with Gasteiger partial charge in [0.15, 0.2) is 11.4 Å². The molecule has 0 unspecified atom stereocenters. The molecule has 0 heterocycles. The highest BCUT2D eigenvalue weighted by atomic mass is 16.3. The van der Waals surface area contributed by atoms with Crippen molar-refractivity contribution in [2.45, 2.75) is 38.0 Å². The lowest BCUT2D eigenvalue weighted by molar-refractivity contribution is -0.146. The topological polar surface area (TPSA) is 170 Å². The Bertz CT molecular complexity index is 1520. The van der Waals surface area contributed by atoms with Gasteiger partial charge in [-0.3, -0.25) is 19.2 Å². The van der Waals surface area contributed by atoms with Crippen LogP contribution in [0.5, 0.6) is 5.75 Å². The zero-order valence-electron chi connectivity index (χ0n) is 22.4. The fourth-order valence-corrected chi connectivity index (χ4v) is 6.36. The number of nitrogens with one attached hydrogen (secondary N) is 1. The number of aliphatic hydroxyl groups excluding tert-OH is 1. The van der Waals surface area contributed by atoms with Gasteiger partial charge >= 0.3 is 0 Å². The molecule has 0 aromatic heterocycles. The van der Waals surface area contributed by atoms with Crippen LogP contribution in [-0.4, -0.2) is 69.3 Å². The molecule has 0 fully saturated rings. The van der Waals surface area contributed by atoms with Gasteiger partial charge in [-0.1, -0.05) is 36.4 Å². The summed E-state index contributed by atoms with van der Waals surface area (Å²) in [4.78, 5) is 52.2. The number of nitrogens with zero attached hydrogens (tertiary/aromatic N) is 1. The molecule has 2 aromatic rings. The highest BCUT2D eigenvalue weighted by Gasteiger charge is 2.61. The lowest BCUT2D eigenvalue weighted by Gasteiger charge is -2.49. The van der Waals surface area contributed by atoms with Crippen LogP contribution in [-0.2, 0) is 27.3 Å². The Balaban J connectivity index is 1.61. The van der Waals surface area contributed by atoms with Crippen LogP contribution in [0.4, 0.5) is 0 Å². The van der Waals surface area contributed by atoms with Crippen molar-refractivity contribution < 1.29 is 34.5 Å². The van der Waals surface area contributed by atoms with Gasteiger partial charge in [0, 0.05) is 31.0 Å². The molecular formula is C30H31N3O7. The Morgan fingerprint density at radius 1 is 1.10 bits per heavy atom. The van der Waals surface area contributed by atoms with Gasteiger partial charge < -0.3 is 31.3 Å². The van der Waals surface area contributed by atoms with Gasteiger partial charge in [0.1, 0.15) is 11.5 Å². The first kappa shape index (κ1) is 27.3. The number of hydrogen-bond donors (Lipinski definition) is 5. The van der Waals surface area contributed by atoms with E-state index in [9.17, 15) is 34.5 Å². The van der Waals surface area contributed by atoms with E-state index < -0.39 is 52.3 Å². The molecule has 208 valence electrons. The van der Waals surface area contributed by atoms with E-state index in [1.165, 1.54) is 19.1 Å². The number of benzene rings is 2. The molecule has 10 heteroatoms. The maximum absolute atomic E-state index is 13.9. The number of primary amides is 1. The number of allylic oxidation sites excluding steroid dienone is 1. The van der Waals surface area contributed by atoms with Crippen LogP contribution in [0, 0.1) is 11.8 Å². The average molecular weight is 546 g/mol. The number of nitrogens with two attached hydrogens (primary N) is 1. The molecular weight excluding hydrogens is 514 g/mol. The summed E-state index contributed by atoms with van der Waals surface area (Å²) in [7, 11) is 3.44. The van der Waals surface area contributed by atoms with Crippen LogP contribution in [0.2, 0.25) is 0 Å². The summed E-state index contributed by atoms with van der Waals surface area (Å²) >= 11 is 0. The Morgan fingerprint density at radius 3 is 2.38 bits per heavy atom. The fraction of sp³-hybridized carbons (Fsp3) is 0.333. The number of carbonyl (C=O) groups excluding carboxylic acids is 4. The van der Waals surface area contributed by atoms with Gasteiger partial charge in [0.25, 0.3) is 5.91 Å². The van der Waals surface area contributed by atoms with E-state index >= 15 is 0 Å². The number of fused-ring (bicyclic) bond motifs is 3. The summed E-state index contributed by atoms with van der Waals surface area (Å²) in [5.74, 6) is -5.37. The molecule has 0 aliphatic heterocycles. The summed E-state index contributed by atoms with van der Waals surface area (Å²) in [6, 6.07) is 9.98. The zero-order chi connectivity index (χ0) is 29.1. The van der Waals surface area contributed by atoms with Gasteiger partial charge in [-0.05, 0) is 61.2 Å². The van der Waals surface area contributed by atoms with Gasteiger partial charge in [0.2, 0.25) is 11.7 Å². The van der Waals surface area contributed by atoms with Crippen LogP contribution >= 0.6 is 0 Å². The number of amides is 2. The zero-order valence-corrected chi connectivity index (χ0v) is 22.4. The predicted octanol–water partition coefficient (Wildman–Crippen LogP) is 1.54. The molecule has 4 atom stereocenters. The van der Waals surface area contributed by atoms with Gasteiger partial charge in [0.05, 0.1) is 11.1 Å². The number of phenolic OH excluding ortho intramolecular Hbond substituents is 1. The maximum Gasteiger partial charge on any atom is 0.252 e. The maximum atomic E-state index is 13.9. The van der Waals surface area contributed by atoms with Crippen molar-refractivity contribution in [2.75, 3.05) is 14.1 Å². The monoisotopic (exact) mass is 545 g/mol. The quantitative estimate of drug-likeness (QED) is 0.352. The van der Waals surface area contributed by atoms with Crippen molar-refractivity contribution in [1.82, 2.24) is 10.2 Å². The Kier molecular flexibility index (Phi) is 6.63. The minimum Gasteiger partial charge on any atom is -0.508 e. The standard InChI is InChI=1S/C30H31N3O7/c1-14(34)32-13-15-4-6-16(7-5-15)18-8-9-23(35)25-19(18)10-17-11-21-22(33(2)3)12-20(29(31)39)27(37)30(21,40)28(38)24(17)26(25)36/h4-9,12,17,21-22,35,38,40H,10-11,13H2,1-3H3,(H2,31,39)(H,32,34)/t17-,21-,22+,30+/m0/s1. The molecule has 0 spiro atoms. The number of likely N-dealkylation sites (N-methyl/N-ethyl adjacent to an activating group) is 1. The van der Waals surface area contributed by atoms with Crippen molar-refractivity contribution in [3.05, 3.63) is 76.1 Å². The van der Waals surface area contributed by atoms with Crippen LogP contribution in [0.25, 0.3) is 11.1 Å². The molecule has 5 rings (SSSR count). The number of phenols is 1. The van der Waals surface area contributed by atoms with Crippen molar-refractivity contribution >= 4 is 23.4 Å². The number of ketones is 2. The normalized spacial score (nSPS) is 25.6. The molecule has 0 radical (unpaired) electrons. The third kappa shape index (κ3) is 4.11. The SMILES string of the molecule is CC(=O)NCc1ccc(-c2ccc(O)c3c2C[C@H]2C[C@H]4[C@H](N(C)C)C=C(C(N)=O)C(=O)[C@@]4(O)C(O)=C2C3=O)cc1. The smallest absolute Gasteiger partial charge is 0.252 e. The number of aromatic hydroxyl groups is 1. The second-order valence-corrected chi connectivity index (χ2v) is 10.9. The summed E-state index contributed by atoms with van der Waals surface area (Å²) < 4.78 is 0. The van der Waals surface area contributed by atoms with E-state index in [1.807, 2.05) is 24.3 Å². The second kappa shape index (κ2) is 9.72. The van der Waals surface area contributed by atoms with Crippen LogP contribution in [0.15, 0.2) is 59.4 Å². The van der Waals surface area contributed by atoms with Crippen LogP contribution < -0.4 is 11.1 Å². The lowest BCUT2D eigenvalue weighted by atomic mass is 9.59. The summed E-state index contributed by atoms with van der Waals surface area (Å²) in [6.07, 6.45) is 1.86. The number of hydrogen-bond acceptors (Lipinski definition) is 8. The third-order valence-electron chi connectivity index (χ3n) is 8.32. The number of Topliss-reactive ketones (excluding diaryl/α,β-unsaturated/α-hetero) is 2. The van der Waals surface area contributed by atoms with Crippen molar-refractivity contribution in [3.63, 3.8) is 0 Å². The first-order chi connectivity index (χ1) is 18.9. The molecule has 0 bridgehead atoms. The highest BCUT2D eigenvalue weighted by Crippen LogP contribution is 2.52.